The van der Waals surface area contributed by atoms with Crippen molar-refractivity contribution in [1.29, 1.82) is 0 Å². The number of aromatic nitrogens is 2. The SMILES string of the molecule is O[C@@H]1CNC[C@H]1n1ccnc1. The average molecular weight is 153 g/mol. The molecule has 2 N–H and O–H groups in total. The van der Waals surface area contributed by atoms with Gasteiger partial charge in [-0.05, 0) is 0 Å². The summed E-state index contributed by atoms with van der Waals surface area (Å²) in [5, 5.41) is 12.6. The minimum atomic E-state index is -0.274. The number of imidazole rings is 1. The summed E-state index contributed by atoms with van der Waals surface area (Å²) in [5.41, 5.74) is 0. The molecule has 1 saturated heterocycles. The van der Waals surface area contributed by atoms with Crippen molar-refractivity contribution in [2.75, 3.05) is 13.1 Å². The lowest BCUT2D eigenvalue weighted by Gasteiger charge is -2.13. The Kier molecular flexibility index (Phi) is 1.63. The number of hydrogen-bond donors (Lipinski definition) is 2. The van der Waals surface area contributed by atoms with E-state index in [1.165, 1.54) is 0 Å². The van der Waals surface area contributed by atoms with Crippen molar-refractivity contribution in [1.82, 2.24) is 14.9 Å². The van der Waals surface area contributed by atoms with Crippen LogP contribution in [0.1, 0.15) is 6.04 Å². The molecule has 2 heterocycles. The Balaban J connectivity index is 2.16. The molecule has 0 aromatic carbocycles. The maximum atomic E-state index is 9.45. The molecule has 4 nitrogen and oxygen atoms in total. The third-order valence-corrected chi connectivity index (χ3v) is 2.06. The molecule has 1 fully saturated rings. The third kappa shape index (κ3) is 1.15. The number of nitrogens with zero attached hydrogens (tertiary/aromatic N) is 2. The van der Waals surface area contributed by atoms with Crippen molar-refractivity contribution in [3.63, 3.8) is 0 Å². The highest BCUT2D eigenvalue weighted by Gasteiger charge is 2.25. The molecule has 60 valence electrons. The van der Waals surface area contributed by atoms with E-state index in [9.17, 15) is 5.11 Å². The molecule has 2 atom stereocenters. The highest BCUT2D eigenvalue weighted by molar-refractivity contribution is 4.90. The first-order chi connectivity index (χ1) is 5.38. The molecular weight excluding hydrogens is 142 g/mol. The molecule has 1 aliphatic heterocycles. The van der Waals surface area contributed by atoms with Crippen LogP contribution in [0.25, 0.3) is 0 Å². The fraction of sp³-hybridized carbons (Fsp3) is 0.571. The van der Waals surface area contributed by atoms with Crippen molar-refractivity contribution in [2.24, 2.45) is 0 Å². The minimum Gasteiger partial charge on any atom is -0.390 e. The molecular formula is C7H11N3O. The second-order valence-corrected chi connectivity index (χ2v) is 2.80. The zero-order valence-corrected chi connectivity index (χ0v) is 6.14. The van der Waals surface area contributed by atoms with Crippen molar-refractivity contribution >= 4 is 0 Å². The van der Waals surface area contributed by atoms with E-state index in [1.807, 2.05) is 10.8 Å². The summed E-state index contributed by atoms with van der Waals surface area (Å²) in [5.74, 6) is 0. The van der Waals surface area contributed by atoms with Gasteiger partial charge >= 0.3 is 0 Å². The molecule has 1 aliphatic rings. The summed E-state index contributed by atoms with van der Waals surface area (Å²) in [4.78, 5) is 3.93. The molecule has 0 radical (unpaired) electrons. The van der Waals surface area contributed by atoms with E-state index in [4.69, 9.17) is 0 Å². The van der Waals surface area contributed by atoms with Gasteiger partial charge in [0.05, 0.1) is 18.5 Å². The average Bonchev–Trinajstić information content (AvgIpc) is 2.55. The number of rotatable bonds is 1. The Bertz CT molecular complexity index is 222. The predicted octanol–water partition coefficient (Wildman–Crippen LogP) is -0.612. The first kappa shape index (κ1) is 6.82. The molecule has 0 bridgehead atoms. The van der Waals surface area contributed by atoms with Gasteiger partial charge in [-0.1, -0.05) is 0 Å². The van der Waals surface area contributed by atoms with Gasteiger partial charge in [0.2, 0.25) is 0 Å². The van der Waals surface area contributed by atoms with Crippen LogP contribution >= 0.6 is 0 Å². The zero-order chi connectivity index (χ0) is 7.68. The van der Waals surface area contributed by atoms with Gasteiger partial charge in [-0.15, -0.1) is 0 Å². The largest absolute Gasteiger partial charge is 0.390 e. The second kappa shape index (κ2) is 2.64. The van der Waals surface area contributed by atoms with Gasteiger partial charge in [0.15, 0.2) is 0 Å². The van der Waals surface area contributed by atoms with Crippen LogP contribution in [0, 0.1) is 0 Å². The van der Waals surface area contributed by atoms with Crippen LogP contribution in [0.3, 0.4) is 0 Å². The Morgan fingerprint density at radius 2 is 2.45 bits per heavy atom. The summed E-state index contributed by atoms with van der Waals surface area (Å²) in [6.07, 6.45) is 5.07. The van der Waals surface area contributed by atoms with Crippen LogP contribution in [0.4, 0.5) is 0 Å². The van der Waals surface area contributed by atoms with Crippen LogP contribution in [0.15, 0.2) is 18.7 Å². The summed E-state index contributed by atoms with van der Waals surface area (Å²) in [6, 6.07) is 0.164. The molecule has 4 heteroatoms. The minimum absolute atomic E-state index is 0.164. The van der Waals surface area contributed by atoms with E-state index in [-0.39, 0.29) is 12.1 Å². The van der Waals surface area contributed by atoms with Crippen LogP contribution in [-0.2, 0) is 0 Å². The first-order valence-corrected chi connectivity index (χ1v) is 3.74. The highest BCUT2D eigenvalue weighted by Crippen LogP contribution is 2.14. The Morgan fingerprint density at radius 3 is 3.00 bits per heavy atom. The summed E-state index contributed by atoms with van der Waals surface area (Å²) in [6.45, 7) is 1.51. The number of nitrogens with one attached hydrogen (secondary N) is 1. The third-order valence-electron chi connectivity index (χ3n) is 2.06. The van der Waals surface area contributed by atoms with E-state index in [0.29, 0.717) is 6.54 Å². The standard InChI is InChI=1S/C7H11N3O/c11-7-4-9-3-6(7)10-2-1-8-5-10/h1-2,5-7,9,11H,3-4H2/t6-,7-/m1/s1. The topological polar surface area (TPSA) is 50.1 Å². The van der Waals surface area contributed by atoms with Crippen LogP contribution in [-0.4, -0.2) is 33.9 Å². The maximum absolute atomic E-state index is 9.45. The van der Waals surface area contributed by atoms with Gasteiger partial charge < -0.3 is 15.0 Å². The van der Waals surface area contributed by atoms with E-state index in [1.54, 1.807) is 12.5 Å². The van der Waals surface area contributed by atoms with Gasteiger partial charge in [0.1, 0.15) is 0 Å². The van der Waals surface area contributed by atoms with E-state index >= 15 is 0 Å². The van der Waals surface area contributed by atoms with Gasteiger partial charge in [-0.2, -0.15) is 0 Å². The lowest BCUT2D eigenvalue weighted by Crippen LogP contribution is -2.20. The van der Waals surface area contributed by atoms with E-state index in [0.717, 1.165) is 6.54 Å². The smallest absolute Gasteiger partial charge is 0.0949 e. The Morgan fingerprint density at radius 1 is 1.55 bits per heavy atom. The van der Waals surface area contributed by atoms with Crippen molar-refractivity contribution in [3.05, 3.63) is 18.7 Å². The van der Waals surface area contributed by atoms with Gasteiger partial charge in [0.25, 0.3) is 0 Å². The van der Waals surface area contributed by atoms with Gasteiger partial charge in [-0.3, -0.25) is 0 Å². The molecule has 2 rings (SSSR count). The molecule has 11 heavy (non-hydrogen) atoms. The number of β-amino-alcohol motifs (C(OH)–C–C–N with tert-alkyl or cyclic N) is 1. The van der Waals surface area contributed by atoms with Gasteiger partial charge in [0, 0.05) is 25.5 Å². The summed E-state index contributed by atoms with van der Waals surface area (Å²) < 4.78 is 1.94. The lowest BCUT2D eigenvalue weighted by molar-refractivity contribution is 0.151. The van der Waals surface area contributed by atoms with Crippen LogP contribution in [0.5, 0.6) is 0 Å². The molecule has 0 unspecified atom stereocenters. The van der Waals surface area contributed by atoms with Crippen molar-refractivity contribution in [2.45, 2.75) is 12.1 Å². The summed E-state index contributed by atoms with van der Waals surface area (Å²) >= 11 is 0. The predicted molar refractivity (Wildman–Crippen MR) is 40.1 cm³/mol. The maximum Gasteiger partial charge on any atom is 0.0949 e. The molecule has 0 aliphatic carbocycles. The van der Waals surface area contributed by atoms with Crippen molar-refractivity contribution < 1.29 is 5.11 Å². The second-order valence-electron chi connectivity index (χ2n) is 2.80. The van der Waals surface area contributed by atoms with Crippen molar-refractivity contribution in [3.8, 4) is 0 Å². The highest BCUT2D eigenvalue weighted by atomic mass is 16.3. The Hall–Kier alpha value is -0.870. The number of aliphatic hydroxyl groups excluding tert-OH is 1. The fourth-order valence-corrected chi connectivity index (χ4v) is 1.42. The number of hydrogen-bond acceptors (Lipinski definition) is 3. The number of aliphatic hydroxyl groups is 1. The molecule has 0 saturated carbocycles. The molecule has 0 spiro atoms. The van der Waals surface area contributed by atoms with E-state index < -0.39 is 0 Å². The van der Waals surface area contributed by atoms with E-state index in [2.05, 4.69) is 10.3 Å². The van der Waals surface area contributed by atoms with Crippen LogP contribution in [0.2, 0.25) is 0 Å². The fourth-order valence-electron chi connectivity index (χ4n) is 1.42. The first-order valence-electron chi connectivity index (χ1n) is 3.74. The van der Waals surface area contributed by atoms with Gasteiger partial charge in [-0.25, -0.2) is 4.98 Å². The lowest BCUT2D eigenvalue weighted by atomic mass is 10.2. The zero-order valence-electron chi connectivity index (χ0n) is 6.14. The van der Waals surface area contributed by atoms with Crippen LogP contribution < -0.4 is 5.32 Å². The molecule has 0 amide bonds. The normalized spacial score (nSPS) is 31.0. The monoisotopic (exact) mass is 153 g/mol. The summed E-state index contributed by atoms with van der Waals surface area (Å²) in [7, 11) is 0. The quantitative estimate of drug-likeness (QED) is 0.566. The Labute approximate surface area is 64.9 Å². The molecule has 1 aromatic rings. The molecule has 1 aromatic heterocycles.